The number of carbonyl (C=O) groups is 2. The number of thiophene rings is 1. The van der Waals surface area contributed by atoms with Crippen LogP contribution in [0.2, 0.25) is 5.02 Å². The lowest BCUT2D eigenvalue weighted by Crippen LogP contribution is -2.41. The molecule has 1 atom stereocenters. The van der Waals surface area contributed by atoms with E-state index in [1.54, 1.807) is 34.2 Å². The molecule has 0 bridgehead atoms. The van der Waals surface area contributed by atoms with Crippen LogP contribution in [0.15, 0.2) is 52.9 Å². The minimum absolute atomic E-state index is 0.176. The lowest BCUT2D eigenvalue weighted by Gasteiger charge is -2.22. The first-order chi connectivity index (χ1) is 18.2. The summed E-state index contributed by atoms with van der Waals surface area (Å²) in [6.45, 7) is 1.53. The van der Waals surface area contributed by atoms with Gasteiger partial charge in [0, 0.05) is 29.0 Å². The fourth-order valence-electron chi connectivity index (χ4n) is 4.07. The Morgan fingerprint density at radius 1 is 1.21 bits per heavy atom. The highest BCUT2D eigenvalue weighted by Crippen LogP contribution is 2.31. The fourth-order valence-corrected chi connectivity index (χ4v) is 6.98. The summed E-state index contributed by atoms with van der Waals surface area (Å²) in [5, 5.41) is 10.1. The number of sulfonamides is 1. The van der Waals surface area contributed by atoms with Crippen LogP contribution in [0.1, 0.15) is 23.1 Å². The van der Waals surface area contributed by atoms with Gasteiger partial charge in [-0.25, -0.2) is 19.1 Å². The van der Waals surface area contributed by atoms with Crippen LogP contribution in [0.25, 0.3) is 16.2 Å². The number of likely N-dealkylation sites (tertiary alicyclic amines) is 1. The van der Waals surface area contributed by atoms with Crippen LogP contribution in [-0.4, -0.2) is 54.1 Å². The average molecular weight is 603 g/mol. The third-order valence-corrected chi connectivity index (χ3v) is 9.22. The number of carbonyl (C=O) groups excluding carboxylic acids is 1. The van der Waals surface area contributed by atoms with Gasteiger partial charge in [-0.15, -0.1) is 11.3 Å². The summed E-state index contributed by atoms with van der Waals surface area (Å²) in [5.41, 5.74) is 3.20. The normalized spacial score (nSPS) is 17.3. The van der Waals surface area contributed by atoms with Crippen molar-refractivity contribution in [1.82, 2.24) is 14.6 Å². The highest BCUT2D eigenvalue weighted by atomic mass is 35.5. The molecule has 3 heterocycles. The number of rotatable bonds is 5. The molecule has 0 radical (unpaired) electrons. The molecule has 15 heteroatoms. The third kappa shape index (κ3) is 6.89. The number of benzene rings is 2. The van der Waals surface area contributed by atoms with Crippen LogP contribution < -0.4 is 10.6 Å². The number of hydrogen-bond donors (Lipinski definition) is 3. The van der Waals surface area contributed by atoms with Gasteiger partial charge in [0.05, 0.1) is 6.54 Å². The van der Waals surface area contributed by atoms with Crippen LogP contribution in [0, 0.1) is 0 Å². The van der Waals surface area contributed by atoms with Crippen LogP contribution in [-0.2, 0) is 32.7 Å². The number of alkyl halides is 3. The van der Waals surface area contributed by atoms with Crippen LogP contribution in [0.5, 0.6) is 0 Å². The molecule has 3 aromatic rings. The summed E-state index contributed by atoms with van der Waals surface area (Å²) < 4.78 is 61.1. The maximum absolute atomic E-state index is 12.9. The molecule has 0 aliphatic carbocycles. The van der Waals surface area contributed by atoms with Crippen LogP contribution >= 0.6 is 22.9 Å². The quantitative estimate of drug-likeness (QED) is 0.377. The second-order valence-corrected chi connectivity index (χ2v) is 12.3. The Hall–Kier alpha value is -3.17. The molecule has 1 fully saturated rings. The zero-order chi connectivity index (χ0) is 28.5. The molecule has 4 N–H and O–H groups in total. The number of hydrazine groups is 1. The second kappa shape index (κ2) is 11.1. The van der Waals surface area contributed by atoms with Gasteiger partial charge in [-0.3, -0.25) is 4.79 Å². The van der Waals surface area contributed by atoms with Crippen LogP contribution in [0.4, 0.5) is 13.2 Å². The summed E-state index contributed by atoms with van der Waals surface area (Å²) in [7, 11) is -3.81. The molecular formula is C24H22ClF3N4O5S2. The molecule has 1 aromatic heterocycles. The van der Waals surface area contributed by atoms with E-state index < -0.39 is 28.2 Å². The molecular weight excluding hydrogens is 581 g/mol. The van der Waals surface area contributed by atoms with Crippen molar-refractivity contribution in [2.75, 3.05) is 6.54 Å². The van der Waals surface area contributed by atoms with Crippen molar-refractivity contribution in [3.63, 3.8) is 0 Å². The lowest BCUT2D eigenvalue weighted by atomic mass is 10.0. The summed E-state index contributed by atoms with van der Waals surface area (Å²) in [6, 6.07) is 12.1. The Kier molecular flexibility index (Phi) is 8.23. The first kappa shape index (κ1) is 28.8. The number of carboxylic acid groups (broad SMARTS) is 1. The third-order valence-electron chi connectivity index (χ3n) is 5.94. The SMILES string of the molecule is NN1C=Cc2ccc(CN3CC[C@H](NS(=O)(=O)c4cc5ccc(Cl)cc5s4)C3=O)cc2C1.O=C(O)C(F)(F)F. The standard InChI is InChI=1S/C22H21ClN4O3S2.C2HF3O2/c23-18-4-3-16-10-21(31-20(16)11-18)32(29,30)25-19-6-7-26(22(19)28)12-14-1-2-15-5-8-27(24)13-17(15)9-14;3-2(4,5)1(6)7/h1-5,8-11,19,25H,6-7,12-13,24H2;(H,6,7)/t19-;/m0./s1. The van der Waals surface area contributed by atoms with Crippen molar-refractivity contribution in [3.8, 4) is 0 Å². The summed E-state index contributed by atoms with van der Waals surface area (Å²) >= 11 is 7.15. The van der Waals surface area contributed by atoms with E-state index >= 15 is 0 Å². The average Bonchev–Trinajstić information content (AvgIpc) is 3.42. The van der Waals surface area contributed by atoms with Gasteiger partial charge in [-0.1, -0.05) is 35.9 Å². The number of nitrogens with two attached hydrogens (primary N) is 1. The Morgan fingerprint density at radius 2 is 1.92 bits per heavy atom. The zero-order valence-corrected chi connectivity index (χ0v) is 22.4. The molecule has 5 rings (SSSR count). The van der Waals surface area contributed by atoms with E-state index in [1.165, 1.54) is 0 Å². The summed E-state index contributed by atoms with van der Waals surface area (Å²) in [6.07, 6.45) is -0.872. The predicted molar refractivity (Wildman–Crippen MR) is 140 cm³/mol. The van der Waals surface area contributed by atoms with Crippen molar-refractivity contribution in [3.05, 3.63) is 70.4 Å². The molecule has 1 saturated heterocycles. The molecule has 0 unspecified atom stereocenters. The Bertz CT molecular complexity index is 1560. The second-order valence-electron chi connectivity index (χ2n) is 8.79. The van der Waals surface area contributed by atoms with Gasteiger partial charge in [0.1, 0.15) is 10.3 Å². The Labute approximate surface area is 230 Å². The first-order valence-electron chi connectivity index (χ1n) is 11.3. The maximum atomic E-state index is 12.9. The van der Waals surface area contributed by atoms with Gasteiger partial charge in [0.25, 0.3) is 10.0 Å². The van der Waals surface area contributed by atoms with Crippen molar-refractivity contribution in [2.24, 2.45) is 5.84 Å². The highest BCUT2D eigenvalue weighted by molar-refractivity contribution is 7.91. The maximum Gasteiger partial charge on any atom is 0.490 e. The predicted octanol–water partition coefficient (Wildman–Crippen LogP) is 3.93. The number of nitrogens with one attached hydrogen (secondary N) is 1. The van der Waals surface area contributed by atoms with Crippen LogP contribution in [0.3, 0.4) is 0 Å². The van der Waals surface area contributed by atoms with Gasteiger partial charge < -0.3 is 15.0 Å². The number of halogens is 4. The molecule has 1 amide bonds. The topological polar surface area (TPSA) is 133 Å². The molecule has 0 saturated carbocycles. The number of carboxylic acids is 1. The monoisotopic (exact) mass is 602 g/mol. The molecule has 2 aromatic carbocycles. The first-order valence-corrected chi connectivity index (χ1v) is 14.0. The number of fused-ring (bicyclic) bond motifs is 2. The number of hydrogen-bond acceptors (Lipinski definition) is 7. The van der Waals surface area contributed by atoms with Gasteiger partial charge in [0.15, 0.2) is 0 Å². The van der Waals surface area contributed by atoms with Gasteiger partial charge in [0.2, 0.25) is 5.91 Å². The molecule has 0 spiro atoms. The minimum Gasteiger partial charge on any atom is -0.475 e. The zero-order valence-electron chi connectivity index (χ0n) is 20.0. The lowest BCUT2D eigenvalue weighted by molar-refractivity contribution is -0.192. The van der Waals surface area contributed by atoms with E-state index in [0.29, 0.717) is 31.1 Å². The Balaban J connectivity index is 0.000000448. The highest BCUT2D eigenvalue weighted by Gasteiger charge is 2.38. The van der Waals surface area contributed by atoms with E-state index in [0.717, 1.165) is 38.1 Å². The van der Waals surface area contributed by atoms with E-state index in [1.807, 2.05) is 30.5 Å². The van der Waals surface area contributed by atoms with Crippen molar-refractivity contribution in [1.29, 1.82) is 0 Å². The number of aliphatic carboxylic acids is 1. The Morgan fingerprint density at radius 3 is 2.62 bits per heavy atom. The molecule has 2 aliphatic heterocycles. The molecule has 208 valence electrons. The van der Waals surface area contributed by atoms with E-state index in [9.17, 15) is 26.4 Å². The molecule has 39 heavy (non-hydrogen) atoms. The number of amides is 1. The smallest absolute Gasteiger partial charge is 0.475 e. The summed E-state index contributed by atoms with van der Waals surface area (Å²) in [5.74, 6) is 2.88. The minimum atomic E-state index is -5.08. The van der Waals surface area contributed by atoms with E-state index in [-0.39, 0.29) is 10.1 Å². The van der Waals surface area contributed by atoms with Gasteiger partial charge in [-0.2, -0.15) is 17.9 Å². The fraction of sp³-hybridized carbons (Fsp3) is 0.250. The van der Waals surface area contributed by atoms with Crippen molar-refractivity contribution >= 4 is 61.0 Å². The largest absolute Gasteiger partial charge is 0.490 e. The van der Waals surface area contributed by atoms with Gasteiger partial charge >= 0.3 is 12.1 Å². The van der Waals surface area contributed by atoms with Crippen molar-refractivity contribution in [2.45, 2.75) is 35.9 Å². The van der Waals surface area contributed by atoms with Gasteiger partial charge in [-0.05, 0) is 52.8 Å². The summed E-state index contributed by atoms with van der Waals surface area (Å²) in [4.78, 5) is 23.5. The van der Waals surface area contributed by atoms with E-state index in [2.05, 4.69) is 4.72 Å². The van der Waals surface area contributed by atoms with E-state index in [4.69, 9.17) is 27.3 Å². The number of nitrogens with zero attached hydrogens (tertiary/aromatic N) is 2. The molecule has 2 aliphatic rings. The van der Waals surface area contributed by atoms with Crippen molar-refractivity contribution < 1.29 is 36.3 Å². The molecule has 9 nitrogen and oxygen atoms in total.